The van der Waals surface area contributed by atoms with Crippen LogP contribution in [0.25, 0.3) is 0 Å². The van der Waals surface area contributed by atoms with E-state index in [2.05, 4.69) is 10.3 Å². The smallest absolute Gasteiger partial charge is 0.207 e. The average molecular weight is 172 g/mol. The highest BCUT2D eigenvalue weighted by molar-refractivity contribution is 5.45. The molecule has 0 aliphatic heterocycles. The van der Waals surface area contributed by atoms with Gasteiger partial charge in [-0.2, -0.15) is 0 Å². The summed E-state index contributed by atoms with van der Waals surface area (Å²) in [4.78, 5) is 13.3. The van der Waals surface area contributed by atoms with E-state index in [0.717, 1.165) is 12.3 Å². The number of aromatic nitrogens is 1. The second-order valence-corrected chi connectivity index (χ2v) is 2.08. The minimum absolute atomic E-state index is 0.0171. The molecule has 1 heterocycles. The zero-order valence-electron chi connectivity index (χ0n) is 6.05. The molecule has 0 unspecified atom stereocenters. The monoisotopic (exact) mass is 172 g/mol. The van der Waals surface area contributed by atoms with Gasteiger partial charge < -0.3 is 5.32 Å². The van der Waals surface area contributed by atoms with E-state index in [1.165, 1.54) is 0 Å². The zero-order chi connectivity index (χ0) is 8.97. The van der Waals surface area contributed by atoms with E-state index in [-0.39, 0.29) is 12.2 Å². The molecule has 0 aliphatic carbocycles. The van der Waals surface area contributed by atoms with E-state index in [9.17, 15) is 13.6 Å². The molecule has 0 atom stereocenters. The van der Waals surface area contributed by atoms with Crippen molar-refractivity contribution in [2.45, 2.75) is 6.54 Å². The molecule has 12 heavy (non-hydrogen) atoms. The first-order valence-corrected chi connectivity index (χ1v) is 3.21. The molecule has 0 aliphatic rings. The molecule has 5 heteroatoms. The number of carbonyl (C=O) groups is 1. The first-order chi connectivity index (χ1) is 5.74. The normalized spacial score (nSPS) is 9.50. The lowest BCUT2D eigenvalue weighted by atomic mass is 10.3. The van der Waals surface area contributed by atoms with Crippen LogP contribution in [-0.4, -0.2) is 11.4 Å². The van der Waals surface area contributed by atoms with Gasteiger partial charge in [0.15, 0.2) is 0 Å². The molecule has 0 fully saturated rings. The van der Waals surface area contributed by atoms with Crippen molar-refractivity contribution in [1.82, 2.24) is 10.3 Å². The van der Waals surface area contributed by atoms with Crippen LogP contribution in [0.1, 0.15) is 5.69 Å². The van der Waals surface area contributed by atoms with Crippen LogP contribution in [0.3, 0.4) is 0 Å². The Bertz CT molecular complexity index is 291. The molecule has 0 radical (unpaired) electrons. The van der Waals surface area contributed by atoms with Gasteiger partial charge in [0.2, 0.25) is 6.41 Å². The number of hydrogen-bond acceptors (Lipinski definition) is 2. The first-order valence-electron chi connectivity index (χ1n) is 3.21. The van der Waals surface area contributed by atoms with E-state index in [0.29, 0.717) is 6.41 Å². The van der Waals surface area contributed by atoms with Crippen LogP contribution in [0.2, 0.25) is 0 Å². The lowest BCUT2D eigenvalue weighted by molar-refractivity contribution is -0.109. The Balaban J connectivity index is 2.78. The van der Waals surface area contributed by atoms with Crippen molar-refractivity contribution in [3.63, 3.8) is 0 Å². The molecule has 0 saturated heterocycles. The largest absolute Gasteiger partial charge is 0.353 e. The van der Waals surface area contributed by atoms with Crippen LogP contribution in [0, 0.1) is 11.6 Å². The minimum atomic E-state index is -0.760. The Kier molecular flexibility index (Phi) is 2.68. The third kappa shape index (κ3) is 1.98. The molecule has 1 amide bonds. The summed E-state index contributed by atoms with van der Waals surface area (Å²) in [5.74, 6) is -1.49. The highest BCUT2D eigenvalue weighted by Crippen LogP contribution is 2.04. The van der Waals surface area contributed by atoms with Gasteiger partial charge in [-0.25, -0.2) is 8.78 Å². The molecule has 0 bridgehead atoms. The summed E-state index contributed by atoms with van der Waals surface area (Å²) in [6.45, 7) is -0.0321. The summed E-state index contributed by atoms with van der Waals surface area (Å²) < 4.78 is 25.0. The van der Waals surface area contributed by atoms with Crippen LogP contribution >= 0.6 is 0 Å². The van der Waals surface area contributed by atoms with Crippen LogP contribution in [0.4, 0.5) is 8.78 Å². The Morgan fingerprint density at radius 3 is 2.92 bits per heavy atom. The molecule has 0 aromatic carbocycles. The highest BCUT2D eigenvalue weighted by atomic mass is 19.1. The van der Waals surface area contributed by atoms with Gasteiger partial charge in [0, 0.05) is 6.07 Å². The fraction of sp³-hybridized carbons (Fsp3) is 0.143. The number of nitrogens with one attached hydrogen (secondary N) is 1. The van der Waals surface area contributed by atoms with Crippen molar-refractivity contribution in [3.8, 4) is 0 Å². The number of nitrogens with zero attached hydrogens (tertiary/aromatic N) is 1. The van der Waals surface area contributed by atoms with E-state index < -0.39 is 11.6 Å². The maximum absolute atomic E-state index is 12.7. The Morgan fingerprint density at radius 1 is 1.58 bits per heavy atom. The molecular formula is C7H6F2N2O. The number of carbonyl (C=O) groups excluding carboxylic acids is 1. The third-order valence-corrected chi connectivity index (χ3v) is 1.24. The quantitative estimate of drug-likeness (QED) is 0.678. The van der Waals surface area contributed by atoms with Crippen LogP contribution in [0.15, 0.2) is 12.3 Å². The van der Waals surface area contributed by atoms with Gasteiger partial charge in [0.1, 0.15) is 11.6 Å². The summed E-state index contributed by atoms with van der Waals surface area (Å²) in [6.07, 6.45) is 1.31. The fourth-order valence-corrected chi connectivity index (χ4v) is 0.711. The number of hydrogen-bond donors (Lipinski definition) is 1. The molecule has 1 N–H and O–H groups in total. The molecular weight excluding hydrogens is 166 g/mol. The highest BCUT2D eigenvalue weighted by Gasteiger charge is 2.03. The topological polar surface area (TPSA) is 42.0 Å². The summed E-state index contributed by atoms with van der Waals surface area (Å²) in [6, 6.07) is 0.717. The van der Waals surface area contributed by atoms with Gasteiger partial charge in [0.05, 0.1) is 18.4 Å². The van der Waals surface area contributed by atoms with E-state index in [1.54, 1.807) is 0 Å². The predicted octanol–water partition coefficient (Wildman–Crippen LogP) is 0.606. The molecule has 1 rings (SSSR count). The van der Waals surface area contributed by atoms with Gasteiger partial charge in [0.25, 0.3) is 0 Å². The third-order valence-electron chi connectivity index (χ3n) is 1.24. The second-order valence-electron chi connectivity index (χ2n) is 2.08. The Morgan fingerprint density at radius 2 is 2.33 bits per heavy atom. The number of amides is 1. The second kappa shape index (κ2) is 3.75. The van der Waals surface area contributed by atoms with Gasteiger partial charge in [-0.05, 0) is 0 Å². The molecule has 64 valence electrons. The van der Waals surface area contributed by atoms with Gasteiger partial charge in [-0.3, -0.25) is 9.78 Å². The fourth-order valence-electron chi connectivity index (χ4n) is 0.711. The van der Waals surface area contributed by atoms with E-state index in [4.69, 9.17) is 0 Å². The summed E-state index contributed by atoms with van der Waals surface area (Å²) >= 11 is 0. The summed E-state index contributed by atoms with van der Waals surface area (Å²) in [7, 11) is 0. The van der Waals surface area contributed by atoms with Crippen LogP contribution in [-0.2, 0) is 11.3 Å². The lowest BCUT2D eigenvalue weighted by Gasteiger charge is -1.99. The predicted molar refractivity (Wildman–Crippen MR) is 37.1 cm³/mol. The molecule has 1 aromatic rings. The van der Waals surface area contributed by atoms with Crippen molar-refractivity contribution in [2.24, 2.45) is 0 Å². The molecule has 1 aromatic heterocycles. The molecule has 0 spiro atoms. The maximum Gasteiger partial charge on any atom is 0.207 e. The van der Waals surface area contributed by atoms with Crippen molar-refractivity contribution in [3.05, 3.63) is 29.6 Å². The number of pyridine rings is 1. The standard InChI is InChI=1S/C7H6F2N2O/c8-5-1-6(9)7(11-2-5)3-10-4-12/h1-2,4H,3H2,(H,10,12). The van der Waals surface area contributed by atoms with E-state index in [1.807, 2.05) is 0 Å². The van der Waals surface area contributed by atoms with Crippen molar-refractivity contribution < 1.29 is 13.6 Å². The summed E-state index contributed by atoms with van der Waals surface area (Å²) in [5, 5.41) is 2.22. The van der Waals surface area contributed by atoms with Crippen molar-refractivity contribution in [2.75, 3.05) is 0 Å². The molecule has 0 saturated carbocycles. The van der Waals surface area contributed by atoms with Gasteiger partial charge in [-0.1, -0.05) is 0 Å². The number of rotatable bonds is 3. The SMILES string of the molecule is O=CNCc1ncc(F)cc1F. The zero-order valence-corrected chi connectivity index (χ0v) is 6.05. The van der Waals surface area contributed by atoms with Crippen LogP contribution < -0.4 is 5.32 Å². The number of halogens is 2. The maximum atomic E-state index is 12.7. The van der Waals surface area contributed by atoms with Crippen molar-refractivity contribution in [1.29, 1.82) is 0 Å². The average Bonchev–Trinajstić information content (AvgIpc) is 2.03. The van der Waals surface area contributed by atoms with E-state index >= 15 is 0 Å². The van der Waals surface area contributed by atoms with Crippen LogP contribution in [0.5, 0.6) is 0 Å². The first kappa shape index (κ1) is 8.58. The van der Waals surface area contributed by atoms with Crippen molar-refractivity contribution >= 4 is 6.41 Å². The minimum Gasteiger partial charge on any atom is -0.353 e. The summed E-state index contributed by atoms with van der Waals surface area (Å²) in [5.41, 5.74) is 0.0171. The van der Waals surface area contributed by atoms with Gasteiger partial charge in [-0.15, -0.1) is 0 Å². The van der Waals surface area contributed by atoms with Gasteiger partial charge >= 0.3 is 0 Å². The lowest BCUT2D eigenvalue weighted by Crippen LogP contribution is -2.12. The Labute approximate surface area is 67.4 Å². The molecule has 3 nitrogen and oxygen atoms in total. The Hall–Kier alpha value is -1.52.